The molecule has 0 saturated carbocycles. The average Bonchev–Trinajstić information content (AvgIpc) is 2.64. The van der Waals surface area contributed by atoms with E-state index in [1.165, 1.54) is 25.1 Å². The molecule has 0 aromatic carbocycles. The van der Waals surface area contributed by atoms with Gasteiger partial charge in [-0.2, -0.15) is 0 Å². The lowest BCUT2D eigenvalue weighted by Crippen LogP contribution is -2.18. The van der Waals surface area contributed by atoms with E-state index in [1.54, 1.807) is 0 Å². The van der Waals surface area contributed by atoms with Crippen LogP contribution < -0.4 is 0 Å². The number of carbonyl (C=O) groups is 1. The third kappa shape index (κ3) is 1.31. The molecule has 2 nitrogen and oxygen atoms in total. The molecule has 0 aromatic rings. The maximum Gasteiger partial charge on any atom is 0.155 e. The van der Waals surface area contributed by atoms with Crippen LogP contribution in [-0.2, 0) is 4.79 Å². The number of allylic oxidation sites excluding steroid dienone is 1. The molecule has 0 aromatic heterocycles. The van der Waals surface area contributed by atoms with Crippen molar-refractivity contribution in [1.29, 1.82) is 0 Å². The summed E-state index contributed by atoms with van der Waals surface area (Å²) in [5.74, 6) is 0.999. The van der Waals surface area contributed by atoms with Crippen LogP contribution >= 0.6 is 0 Å². The Morgan fingerprint density at radius 2 is 2.58 bits per heavy atom. The second kappa shape index (κ2) is 3.02. The molecule has 2 unspecified atom stereocenters. The Bertz CT molecular complexity index is 232. The number of ketones is 1. The summed E-state index contributed by atoms with van der Waals surface area (Å²) in [5.41, 5.74) is 1.38. The smallest absolute Gasteiger partial charge is 0.155 e. The lowest BCUT2D eigenvalue weighted by atomic mass is 9.98. The van der Waals surface area contributed by atoms with Crippen molar-refractivity contribution in [1.82, 2.24) is 4.90 Å². The molecule has 2 heteroatoms. The summed E-state index contributed by atoms with van der Waals surface area (Å²) in [5, 5.41) is 0. The molecule has 2 aliphatic heterocycles. The standard InChI is InChI=1S/C10H15NO/c1-2-10(12)5-9-7-11-4-3-8(9)6-11/h5,8H,2-4,6-7H2,1H3. The van der Waals surface area contributed by atoms with Gasteiger partial charge in [0.05, 0.1) is 0 Å². The predicted molar refractivity (Wildman–Crippen MR) is 47.9 cm³/mol. The van der Waals surface area contributed by atoms with Gasteiger partial charge in [-0.1, -0.05) is 6.92 Å². The molecule has 2 heterocycles. The summed E-state index contributed by atoms with van der Waals surface area (Å²) >= 11 is 0. The molecular weight excluding hydrogens is 150 g/mol. The van der Waals surface area contributed by atoms with Gasteiger partial charge >= 0.3 is 0 Å². The third-order valence-corrected chi connectivity index (χ3v) is 2.90. The minimum Gasteiger partial charge on any atom is -0.299 e. The van der Waals surface area contributed by atoms with E-state index < -0.39 is 0 Å². The van der Waals surface area contributed by atoms with Gasteiger partial charge in [-0.25, -0.2) is 0 Å². The zero-order valence-electron chi connectivity index (χ0n) is 7.55. The first-order valence-electron chi connectivity index (χ1n) is 4.75. The van der Waals surface area contributed by atoms with Crippen LogP contribution in [0, 0.1) is 5.92 Å². The topological polar surface area (TPSA) is 20.3 Å². The summed E-state index contributed by atoms with van der Waals surface area (Å²) in [4.78, 5) is 13.6. The number of carbonyl (C=O) groups excluding carboxylic acids is 1. The van der Waals surface area contributed by atoms with Crippen LogP contribution in [0.4, 0.5) is 0 Å². The molecule has 66 valence electrons. The van der Waals surface area contributed by atoms with Crippen LogP contribution in [-0.4, -0.2) is 30.3 Å². The monoisotopic (exact) mass is 165 g/mol. The fourth-order valence-corrected chi connectivity index (χ4v) is 2.14. The Labute approximate surface area is 73.2 Å². The van der Waals surface area contributed by atoms with Gasteiger partial charge < -0.3 is 0 Å². The molecule has 0 aliphatic carbocycles. The van der Waals surface area contributed by atoms with Crippen molar-refractivity contribution in [2.24, 2.45) is 5.92 Å². The first-order valence-corrected chi connectivity index (χ1v) is 4.75. The van der Waals surface area contributed by atoms with Gasteiger partial charge in [-0.05, 0) is 30.5 Å². The first kappa shape index (κ1) is 7.99. The van der Waals surface area contributed by atoms with Crippen LogP contribution in [0.2, 0.25) is 0 Å². The molecule has 2 saturated heterocycles. The van der Waals surface area contributed by atoms with Crippen molar-refractivity contribution < 1.29 is 4.79 Å². The highest BCUT2D eigenvalue weighted by atomic mass is 16.1. The predicted octanol–water partition coefficient (Wildman–Crippen LogP) is 1.23. The lowest BCUT2D eigenvalue weighted by Gasteiger charge is -2.13. The molecule has 0 amide bonds. The fourth-order valence-electron chi connectivity index (χ4n) is 2.14. The Hall–Kier alpha value is -0.630. The van der Waals surface area contributed by atoms with Gasteiger partial charge in [0.15, 0.2) is 5.78 Å². The Morgan fingerprint density at radius 3 is 3.08 bits per heavy atom. The van der Waals surface area contributed by atoms with E-state index in [2.05, 4.69) is 4.90 Å². The maximum absolute atomic E-state index is 11.1. The van der Waals surface area contributed by atoms with Crippen LogP contribution in [0.15, 0.2) is 11.6 Å². The van der Waals surface area contributed by atoms with Gasteiger partial charge in [0.2, 0.25) is 0 Å². The van der Waals surface area contributed by atoms with E-state index in [4.69, 9.17) is 0 Å². The molecule has 12 heavy (non-hydrogen) atoms. The second-order valence-corrected chi connectivity index (χ2v) is 3.76. The molecule has 0 radical (unpaired) electrons. The van der Waals surface area contributed by atoms with Crippen molar-refractivity contribution in [3.8, 4) is 0 Å². The average molecular weight is 165 g/mol. The summed E-state index contributed by atoms with van der Waals surface area (Å²) < 4.78 is 0. The van der Waals surface area contributed by atoms with E-state index in [0.717, 1.165) is 6.54 Å². The van der Waals surface area contributed by atoms with E-state index in [1.807, 2.05) is 13.0 Å². The van der Waals surface area contributed by atoms with Crippen molar-refractivity contribution >= 4 is 5.78 Å². The first-order chi connectivity index (χ1) is 5.79. The van der Waals surface area contributed by atoms with Gasteiger partial charge in [-0.15, -0.1) is 0 Å². The highest BCUT2D eigenvalue weighted by Gasteiger charge is 2.33. The zero-order valence-corrected chi connectivity index (χ0v) is 7.55. The van der Waals surface area contributed by atoms with Crippen molar-refractivity contribution in [2.75, 3.05) is 19.6 Å². The zero-order chi connectivity index (χ0) is 8.55. The molecular formula is C10H15NO. The van der Waals surface area contributed by atoms with E-state index >= 15 is 0 Å². The van der Waals surface area contributed by atoms with Crippen LogP contribution in [0.3, 0.4) is 0 Å². The van der Waals surface area contributed by atoms with Crippen molar-refractivity contribution in [3.63, 3.8) is 0 Å². The van der Waals surface area contributed by atoms with E-state index in [0.29, 0.717) is 18.1 Å². The van der Waals surface area contributed by atoms with Crippen LogP contribution in [0.1, 0.15) is 19.8 Å². The van der Waals surface area contributed by atoms with Crippen molar-refractivity contribution in [2.45, 2.75) is 19.8 Å². The molecule has 2 atom stereocenters. The van der Waals surface area contributed by atoms with E-state index in [-0.39, 0.29) is 0 Å². The normalized spacial score (nSPS) is 36.2. The maximum atomic E-state index is 11.1. The summed E-state index contributed by atoms with van der Waals surface area (Å²) in [7, 11) is 0. The summed E-state index contributed by atoms with van der Waals surface area (Å²) in [6, 6.07) is 0. The number of piperidine rings is 1. The number of fused-ring (bicyclic) bond motifs is 2. The summed E-state index contributed by atoms with van der Waals surface area (Å²) in [6.45, 7) is 5.41. The fraction of sp³-hybridized carbons (Fsp3) is 0.700. The summed E-state index contributed by atoms with van der Waals surface area (Å²) in [6.07, 6.45) is 3.79. The van der Waals surface area contributed by atoms with Crippen LogP contribution in [0.25, 0.3) is 0 Å². The highest BCUT2D eigenvalue weighted by Crippen LogP contribution is 2.32. The molecule has 0 N–H and O–H groups in total. The second-order valence-electron chi connectivity index (χ2n) is 3.76. The lowest BCUT2D eigenvalue weighted by molar-refractivity contribution is -0.114. The molecule has 2 bridgehead atoms. The third-order valence-electron chi connectivity index (χ3n) is 2.90. The molecule has 2 aliphatic rings. The highest BCUT2D eigenvalue weighted by molar-refractivity contribution is 5.90. The number of rotatable bonds is 2. The Morgan fingerprint density at radius 1 is 1.75 bits per heavy atom. The SMILES string of the molecule is CCC(=O)C=C1CN2CCC1C2. The Balaban J connectivity index is 2.06. The largest absolute Gasteiger partial charge is 0.299 e. The van der Waals surface area contributed by atoms with Crippen molar-refractivity contribution in [3.05, 3.63) is 11.6 Å². The van der Waals surface area contributed by atoms with Gasteiger partial charge in [-0.3, -0.25) is 9.69 Å². The number of nitrogens with zero attached hydrogens (tertiary/aromatic N) is 1. The Kier molecular flexibility index (Phi) is 2.01. The van der Waals surface area contributed by atoms with Gasteiger partial charge in [0.1, 0.15) is 0 Å². The van der Waals surface area contributed by atoms with E-state index in [9.17, 15) is 4.79 Å². The van der Waals surface area contributed by atoms with Crippen LogP contribution in [0.5, 0.6) is 0 Å². The van der Waals surface area contributed by atoms with Gasteiger partial charge in [0, 0.05) is 19.5 Å². The molecule has 2 rings (SSSR count). The molecule has 0 spiro atoms. The number of hydrogen-bond acceptors (Lipinski definition) is 2. The quantitative estimate of drug-likeness (QED) is 0.573. The molecule has 2 fully saturated rings. The minimum atomic E-state index is 0.291. The minimum absolute atomic E-state index is 0.291. The number of hydrogen-bond donors (Lipinski definition) is 0. The van der Waals surface area contributed by atoms with Gasteiger partial charge in [0.25, 0.3) is 0 Å².